The van der Waals surface area contributed by atoms with E-state index in [4.69, 9.17) is 4.74 Å². The van der Waals surface area contributed by atoms with Crippen molar-refractivity contribution in [3.63, 3.8) is 0 Å². The third-order valence-electron chi connectivity index (χ3n) is 3.33. The second-order valence-electron chi connectivity index (χ2n) is 4.60. The molecule has 0 bridgehead atoms. The zero-order valence-electron chi connectivity index (χ0n) is 10.7. The average molecular weight is 217 g/mol. The predicted octanol–water partition coefficient (Wildman–Crippen LogP) is 3.62. The van der Waals surface area contributed by atoms with E-state index in [1.807, 2.05) is 6.07 Å². The molecule has 0 aliphatic carbocycles. The van der Waals surface area contributed by atoms with Crippen LogP contribution in [0.2, 0.25) is 0 Å². The molecule has 0 unspecified atom stereocenters. The Kier molecular flexibility index (Phi) is 2.66. The highest BCUT2D eigenvalue weighted by molar-refractivity contribution is 5.87. The van der Waals surface area contributed by atoms with Gasteiger partial charge in [-0.15, -0.1) is 0 Å². The zero-order chi connectivity index (χ0) is 11.9. The first-order chi connectivity index (χ1) is 7.56. The number of aromatic nitrogens is 1. The summed E-state index contributed by atoms with van der Waals surface area (Å²) in [6.07, 6.45) is 0. The molecule has 0 N–H and O–H groups in total. The van der Waals surface area contributed by atoms with Crippen molar-refractivity contribution in [3.05, 3.63) is 29.5 Å². The van der Waals surface area contributed by atoms with Gasteiger partial charge in [-0.05, 0) is 36.6 Å². The van der Waals surface area contributed by atoms with Crippen LogP contribution in [0.15, 0.2) is 18.2 Å². The molecule has 0 saturated carbocycles. The summed E-state index contributed by atoms with van der Waals surface area (Å²) in [6, 6.07) is 6.29. The number of hydrogen-bond donors (Lipinski definition) is 0. The highest BCUT2D eigenvalue weighted by Gasteiger charge is 2.14. The summed E-state index contributed by atoms with van der Waals surface area (Å²) in [5.74, 6) is 1.47. The van der Waals surface area contributed by atoms with Gasteiger partial charge in [0.15, 0.2) is 0 Å². The fraction of sp³-hybridized carbons (Fsp3) is 0.429. The third kappa shape index (κ3) is 1.49. The van der Waals surface area contributed by atoms with Gasteiger partial charge in [0.25, 0.3) is 0 Å². The van der Waals surface area contributed by atoms with Crippen LogP contribution in [0.1, 0.15) is 31.0 Å². The maximum absolute atomic E-state index is 5.30. The Morgan fingerprint density at radius 1 is 1.25 bits per heavy atom. The second kappa shape index (κ2) is 3.85. The van der Waals surface area contributed by atoms with Gasteiger partial charge in [-0.3, -0.25) is 0 Å². The van der Waals surface area contributed by atoms with Crippen LogP contribution in [0, 0.1) is 6.92 Å². The van der Waals surface area contributed by atoms with Gasteiger partial charge in [0.05, 0.1) is 7.11 Å². The number of hydrogen-bond acceptors (Lipinski definition) is 1. The van der Waals surface area contributed by atoms with Gasteiger partial charge in [-0.1, -0.05) is 13.8 Å². The fourth-order valence-corrected chi connectivity index (χ4v) is 2.44. The summed E-state index contributed by atoms with van der Waals surface area (Å²) >= 11 is 0. The summed E-state index contributed by atoms with van der Waals surface area (Å²) in [6.45, 7) is 6.66. The summed E-state index contributed by atoms with van der Waals surface area (Å²) < 4.78 is 7.55. The summed E-state index contributed by atoms with van der Waals surface area (Å²) in [5.41, 5.74) is 4.05. The first kappa shape index (κ1) is 11.1. The smallest absolute Gasteiger partial charge is 0.119 e. The Hall–Kier alpha value is -1.44. The Balaban J connectivity index is 2.81. The molecule has 2 heteroatoms. The molecule has 0 aliphatic heterocycles. The monoisotopic (exact) mass is 217 g/mol. The first-order valence-corrected chi connectivity index (χ1v) is 5.69. The molecule has 0 spiro atoms. The first-order valence-electron chi connectivity index (χ1n) is 5.69. The molecule has 2 aromatic rings. The standard InChI is InChI=1S/C14H19NO/c1-9(2)14-10(3)15(4)13-7-6-11(16-5)8-12(13)14/h6-9H,1-5H3. The molecule has 0 atom stereocenters. The number of methoxy groups -OCH3 is 1. The van der Waals surface area contributed by atoms with E-state index < -0.39 is 0 Å². The maximum Gasteiger partial charge on any atom is 0.119 e. The average Bonchev–Trinajstić information content (AvgIpc) is 2.51. The number of nitrogens with zero attached hydrogens (tertiary/aromatic N) is 1. The molecule has 0 saturated heterocycles. The van der Waals surface area contributed by atoms with Gasteiger partial charge in [0.1, 0.15) is 5.75 Å². The van der Waals surface area contributed by atoms with E-state index in [0.717, 1.165) is 5.75 Å². The van der Waals surface area contributed by atoms with Gasteiger partial charge >= 0.3 is 0 Å². The van der Waals surface area contributed by atoms with E-state index in [-0.39, 0.29) is 0 Å². The van der Waals surface area contributed by atoms with E-state index in [9.17, 15) is 0 Å². The van der Waals surface area contributed by atoms with Crippen molar-refractivity contribution >= 4 is 10.9 Å². The van der Waals surface area contributed by atoms with Crippen LogP contribution in [0.5, 0.6) is 5.75 Å². The lowest BCUT2D eigenvalue weighted by Gasteiger charge is -2.06. The fourth-order valence-electron chi connectivity index (χ4n) is 2.44. The summed E-state index contributed by atoms with van der Waals surface area (Å²) in [4.78, 5) is 0. The quantitative estimate of drug-likeness (QED) is 0.749. The molecule has 16 heavy (non-hydrogen) atoms. The normalized spacial score (nSPS) is 11.4. The van der Waals surface area contributed by atoms with Gasteiger partial charge in [0.2, 0.25) is 0 Å². The van der Waals surface area contributed by atoms with Crippen LogP contribution >= 0.6 is 0 Å². The molecule has 1 aromatic carbocycles. The van der Waals surface area contributed by atoms with Gasteiger partial charge < -0.3 is 9.30 Å². The highest BCUT2D eigenvalue weighted by Crippen LogP contribution is 2.33. The molecule has 1 aromatic heterocycles. The lowest BCUT2D eigenvalue weighted by Crippen LogP contribution is -1.93. The molecule has 2 nitrogen and oxygen atoms in total. The van der Waals surface area contributed by atoms with E-state index in [2.05, 4.69) is 44.5 Å². The largest absolute Gasteiger partial charge is 0.497 e. The summed E-state index contributed by atoms with van der Waals surface area (Å²) in [5, 5.41) is 1.31. The molecule has 2 rings (SSSR count). The predicted molar refractivity (Wildman–Crippen MR) is 68.3 cm³/mol. The Bertz CT molecular complexity index is 523. The minimum Gasteiger partial charge on any atom is -0.497 e. The number of benzene rings is 1. The van der Waals surface area contributed by atoms with Crippen molar-refractivity contribution in [2.24, 2.45) is 7.05 Å². The highest BCUT2D eigenvalue weighted by atomic mass is 16.5. The Morgan fingerprint density at radius 2 is 1.94 bits per heavy atom. The van der Waals surface area contributed by atoms with Crippen LogP contribution in [0.3, 0.4) is 0 Å². The number of fused-ring (bicyclic) bond motifs is 1. The van der Waals surface area contributed by atoms with Crippen molar-refractivity contribution in [3.8, 4) is 5.75 Å². The molecule has 0 radical (unpaired) electrons. The third-order valence-corrected chi connectivity index (χ3v) is 3.33. The van der Waals surface area contributed by atoms with Crippen LogP contribution < -0.4 is 4.74 Å². The minimum atomic E-state index is 0.538. The van der Waals surface area contributed by atoms with Crippen molar-refractivity contribution < 1.29 is 4.74 Å². The molecule has 86 valence electrons. The SMILES string of the molecule is COc1ccc2c(c1)c(C(C)C)c(C)n2C. The van der Waals surface area contributed by atoms with E-state index in [1.54, 1.807) is 7.11 Å². The molecule has 0 aliphatic rings. The molecular formula is C14H19NO. The van der Waals surface area contributed by atoms with Crippen molar-refractivity contribution in [1.82, 2.24) is 4.57 Å². The van der Waals surface area contributed by atoms with Crippen LogP contribution in [-0.4, -0.2) is 11.7 Å². The van der Waals surface area contributed by atoms with Gasteiger partial charge in [-0.25, -0.2) is 0 Å². The molecule has 1 heterocycles. The summed E-state index contributed by atoms with van der Waals surface area (Å²) in [7, 11) is 3.84. The maximum atomic E-state index is 5.30. The number of ether oxygens (including phenoxy) is 1. The molecular weight excluding hydrogens is 198 g/mol. The lowest BCUT2D eigenvalue weighted by atomic mass is 10.00. The van der Waals surface area contributed by atoms with E-state index >= 15 is 0 Å². The lowest BCUT2D eigenvalue weighted by molar-refractivity contribution is 0.415. The van der Waals surface area contributed by atoms with E-state index in [0.29, 0.717) is 5.92 Å². The molecule has 0 fully saturated rings. The van der Waals surface area contributed by atoms with Gasteiger partial charge in [0, 0.05) is 23.6 Å². The number of rotatable bonds is 2. The Morgan fingerprint density at radius 3 is 2.50 bits per heavy atom. The van der Waals surface area contributed by atoms with Crippen molar-refractivity contribution in [2.45, 2.75) is 26.7 Å². The van der Waals surface area contributed by atoms with Crippen LogP contribution in [0.25, 0.3) is 10.9 Å². The second-order valence-corrected chi connectivity index (χ2v) is 4.60. The van der Waals surface area contributed by atoms with Crippen molar-refractivity contribution in [1.29, 1.82) is 0 Å². The topological polar surface area (TPSA) is 14.2 Å². The molecule has 0 amide bonds. The van der Waals surface area contributed by atoms with Crippen LogP contribution in [-0.2, 0) is 7.05 Å². The Labute approximate surface area is 96.8 Å². The minimum absolute atomic E-state index is 0.538. The van der Waals surface area contributed by atoms with Gasteiger partial charge in [-0.2, -0.15) is 0 Å². The van der Waals surface area contributed by atoms with Crippen molar-refractivity contribution in [2.75, 3.05) is 7.11 Å². The van der Waals surface area contributed by atoms with E-state index in [1.165, 1.54) is 22.2 Å². The zero-order valence-corrected chi connectivity index (χ0v) is 10.7. The van der Waals surface area contributed by atoms with Crippen LogP contribution in [0.4, 0.5) is 0 Å². The number of aryl methyl sites for hydroxylation is 1.